The maximum atomic E-state index is 12.9. The number of amides is 1. The van der Waals surface area contributed by atoms with Gasteiger partial charge in [0, 0.05) is 32.2 Å². The Hall–Kier alpha value is -2.00. The topological polar surface area (TPSA) is 71.7 Å². The Morgan fingerprint density at radius 2 is 2.04 bits per heavy atom. The standard InChI is InChI=1S/C18H20N4O3S.ClH/c23-17(15-6-7-19-25-15)22(9-3-8-21-10-12-24-13-11-21)18-20-14-4-1-2-5-16(14)26-18;/h1-2,4-7H,3,8-13H2;1H. The second-order valence-corrected chi connectivity index (χ2v) is 7.11. The van der Waals surface area contributed by atoms with Gasteiger partial charge in [-0.2, -0.15) is 0 Å². The number of carbonyl (C=O) groups excluding carboxylic acids is 1. The van der Waals surface area contributed by atoms with Crippen molar-refractivity contribution in [2.24, 2.45) is 0 Å². The number of hydrogen-bond donors (Lipinski definition) is 0. The summed E-state index contributed by atoms with van der Waals surface area (Å²) in [6.45, 7) is 4.94. The summed E-state index contributed by atoms with van der Waals surface area (Å²) in [5.41, 5.74) is 0.899. The Balaban J connectivity index is 0.00000210. The van der Waals surface area contributed by atoms with Crippen LogP contribution in [-0.2, 0) is 4.74 Å². The van der Waals surface area contributed by atoms with E-state index in [1.807, 2.05) is 24.3 Å². The molecular formula is C18H21ClN4O3S. The molecule has 0 N–H and O–H groups in total. The van der Waals surface area contributed by atoms with Gasteiger partial charge in [0.2, 0.25) is 5.76 Å². The molecule has 0 atom stereocenters. The molecule has 1 aromatic carbocycles. The molecule has 1 saturated heterocycles. The molecule has 4 rings (SSSR count). The molecular weight excluding hydrogens is 388 g/mol. The lowest BCUT2D eigenvalue weighted by molar-refractivity contribution is 0.0376. The number of carbonyl (C=O) groups is 1. The molecule has 7 nitrogen and oxygen atoms in total. The number of benzene rings is 1. The van der Waals surface area contributed by atoms with E-state index in [2.05, 4.69) is 15.0 Å². The van der Waals surface area contributed by atoms with Gasteiger partial charge in [-0.3, -0.25) is 14.6 Å². The highest BCUT2D eigenvalue weighted by atomic mass is 35.5. The molecule has 2 aromatic heterocycles. The van der Waals surface area contributed by atoms with Crippen molar-refractivity contribution in [3.63, 3.8) is 0 Å². The molecule has 1 fully saturated rings. The van der Waals surface area contributed by atoms with Crippen molar-refractivity contribution in [2.75, 3.05) is 44.3 Å². The molecule has 0 aliphatic carbocycles. The fourth-order valence-electron chi connectivity index (χ4n) is 3.00. The zero-order valence-electron chi connectivity index (χ0n) is 14.7. The number of anilines is 1. The SMILES string of the molecule is Cl.O=C(c1ccno1)N(CCCN1CCOCC1)c1nc2ccccc2s1. The van der Waals surface area contributed by atoms with Crippen LogP contribution in [0.3, 0.4) is 0 Å². The summed E-state index contributed by atoms with van der Waals surface area (Å²) in [5.74, 6) is 0.0270. The van der Waals surface area contributed by atoms with Crippen molar-refractivity contribution in [1.29, 1.82) is 0 Å². The minimum absolute atomic E-state index is 0. The summed E-state index contributed by atoms with van der Waals surface area (Å²) in [6.07, 6.45) is 2.34. The van der Waals surface area contributed by atoms with E-state index >= 15 is 0 Å². The number of para-hydroxylation sites is 1. The minimum Gasteiger partial charge on any atom is -0.379 e. The van der Waals surface area contributed by atoms with E-state index in [1.165, 1.54) is 17.5 Å². The summed E-state index contributed by atoms with van der Waals surface area (Å²) in [7, 11) is 0. The Labute approximate surface area is 167 Å². The predicted molar refractivity (Wildman–Crippen MR) is 107 cm³/mol. The van der Waals surface area contributed by atoms with E-state index in [0.29, 0.717) is 11.7 Å². The van der Waals surface area contributed by atoms with Crippen LogP contribution in [0.5, 0.6) is 0 Å². The third-order valence-corrected chi connectivity index (χ3v) is 5.43. The van der Waals surface area contributed by atoms with E-state index < -0.39 is 0 Å². The number of morpholine rings is 1. The van der Waals surface area contributed by atoms with Crippen LogP contribution in [0.2, 0.25) is 0 Å². The van der Waals surface area contributed by atoms with Gasteiger partial charge in [0.15, 0.2) is 5.13 Å². The summed E-state index contributed by atoms with van der Waals surface area (Å²) in [4.78, 5) is 21.6. The van der Waals surface area contributed by atoms with Gasteiger partial charge in [0.25, 0.3) is 5.91 Å². The van der Waals surface area contributed by atoms with Crippen molar-refractivity contribution in [1.82, 2.24) is 15.0 Å². The Kier molecular flexibility index (Phi) is 6.78. The van der Waals surface area contributed by atoms with E-state index in [-0.39, 0.29) is 24.1 Å². The van der Waals surface area contributed by atoms with Crippen molar-refractivity contribution in [3.8, 4) is 0 Å². The van der Waals surface area contributed by atoms with Gasteiger partial charge in [-0.1, -0.05) is 28.6 Å². The lowest BCUT2D eigenvalue weighted by Gasteiger charge is -2.27. The van der Waals surface area contributed by atoms with Crippen LogP contribution in [-0.4, -0.2) is 60.3 Å². The first-order valence-electron chi connectivity index (χ1n) is 8.69. The highest BCUT2D eigenvalue weighted by molar-refractivity contribution is 7.22. The van der Waals surface area contributed by atoms with Crippen LogP contribution in [0.4, 0.5) is 5.13 Å². The number of rotatable bonds is 6. The van der Waals surface area contributed by atoms with E-state index in [1.54, 1.807) is 11.0 Å². The van der Waals surface area contributed by atoms with Crippen LogP contribution >= 0.6 is 23.7 Å². The van der Waals surface area contributed by atoms with Gasteiger partial charge in [0.05, 0.1) is 29.6 Å². The molecule has 1 aliphatic heterocycles. The van der Waals surface area contributed by atoms with Gasteiger partial charge in [-0.15, -0.1) is 12.4 Å². The zero-order chi connectivity index (χ0) is 17.8. The van der Waals surface area contributed by atoms with E-state index in [4.69, 9.17) is 9.26 Å². The maximum absolute atomic E-state index is 12.9. The molecule has 1 aliphatic rings. The summed E-state index contributed by atoms with van der Waals surface area (Å²) in [6, 6.07) is 9.49. The second kappa shape index (κ2) is 9.27. The number of fused-ring (bicyclic) bond motifs is 1. The average molecular weight is 409 g/mol. The molecule has 9 heteroatoms. The average Bonchev–Trinajstić information content (AvgIpc) is 3.35. The molecule has 0 unspecified atom stereocenters. The monoisotopic (exact) mass is 408 g/mol. The smallest absolute Gasteiger partial charge is 0.298 e. The first-order chi connectivity index (χ1) is 12.8. The first-order valence-corrected chi connectivity index (χ1v) is 9.51. The van der Waals surface area contributed by atoms with Gasteiger partial charge >= 0.3 is 0 Å². The number of thiazole rings is 1. The van der Waals surface area contributed by atoms with E-state index in [9.17, 15) is 4.79 Å². The maximum Gasteiger partial charge on any atom is 0.298 e. The third kappa shape index (κ3) is 4.65. The minimum atomic E-state index is -0.205. The fourth-order valence-corrected chi connectivity index (χ4v) is 3.99. The fraction of sp³-hybridized carbons (Fsp3) is 0.389. The number of nitrogens with zero attached hydrogens (tertiary/aromatic N) is 4. The van der Waals surface area contributed by atoms with Crippen molar-refractivity contribution in [3.05, 3.63) is 42.3 Å². The summed E-state index contributed by atoms with van der Waals surface area (Å²) >= 11 is 1.52. The van der Waals surface area contributed by atoms with Crippen LogP contribution < -0.4 is 4.90 Å². The molecule has 0 saturated carbocycles. The van der Waals surface area contributed by atoms with Gasteiger partial charge < -0.3 is 9.26 Å². The highest BCUT2D eigenvalue weighted by Crippen LogP contribution is 2.29. The Bertz CT molecular complexity index is 832. The predicted octanol–water partition coefficient (Wildman–Crippen LogP) is 3.08. The highest BCUT2D eigenvalue weighted by Gasteiger charge is 2.24. The van der Waals surface area contributed by atoms with Crippen molar-refractivity contribution >= 4 is 45.0 Å². The molecule has 0 bridgehead atoms. The van der Waals surface area contributed by atoms with Crippen molar-refractivity contribution in [2.45, 2.75) is 6.42 Å². The van der Waals surface area contributed by atoms with Gasteiger partial charge in [-0.25, -0.2) is 4.98 Å². The summed E-state index contributed by atoms with van der Waals surface area (Å²) < 4.78 is 11.5. The Morgan fingerprint density at radius 1 is 1.22 bits per heavy atom. The molecule has 3 heterocycles. The normalized spacial score (nSPS) is 14.8. The van der Waals surface area contributed by atoms with Crippen LogP contribution in [0.1, 0.15) is 17.0 Å². The second-order valence-electron chi connectivity index (χ2n) is 6.11. The first kappa shape index (κ1) is 19.8. The molecule has 27 heavy (non-hydrogen) atoms. The third-order valence-electron chi connectivity index (χ3n) is 4.37. The Morgan fingerprint density at radius 3 is 2.78 bits per heavy atom. The molecule has 0 radical (unpaired) electrons. The van der Waals surface area contributed by atoms with Crippen LogP contribution in [0, 0.1) is 0 Å². The van der Waals surface area contributed by atoms with Crippen molar-refractivity contribution < 1.29 is 14.1 Å². The number of halogens is 1. The number of hydrogen-bond acceptors (Lipinski definition) is 7. The summed E-state index contributed by atoms with van der Waals surface area (Å²) in [5, 5.41) is 4.34. The molecule has 3 aromatic rings. The molecule has 1 amide bonds. The molecule has 0 spiro atoms. The van der Waals surface area contributed by atoms with Gasteiger partial charge in [0.1, 0.15) is 0 Å². The van der Waals surface area contributed by atoms with E-state index in [0.717, 1.165) is 49.5 Å². The zero-order valence-corrected chi connectivity index (χ0v) is 16.4. The lowest BCUT2D eigenvalue weighted by Crippen LogP contribution is -2.39. The van der Waals surface area contributed by atoms with Crippen LogP contribution in [0.15, 0.2) is 41.1 Å². The quantitative estimate of drug-likeness (QED) is 0.624. The molecule has 144 valence electrons. The lowest BCUT2D eigenvalue weighted by atomic mass is 10.3. The number of aromatic nitrogens is 2. The largest absolute Gasteiger partial charge is 0.379 e. The number of ether oxygens (including phenoxy) is 1. The van der Waals surface area contributed by atoms with Gasteiger partial charge in [-0.05, 0) is 18.6 Å². The van der Waals surface area contributed by atoms with Crippen LogP contribution in [0.25, 0.3) is 10.2 Å².